The van der Waals surface area contributed by atoms with Crippen molar-refractivity contribution in [3.05, 3.63) is 53.1 Å². The zero-order valence-corrected chi connectivity index (χ0v) is 18.3. The zero-order chi connectivity index (χ0) is 23.8. The molecule has 2 heterocycles. The SMILES string of the molecule is Cc1cc(C(=O)[C@@H](C)Sc2nnc(C(F)(F)F)n2C)c(C)n1-c1ccc(OC(F)F)cc1. The predicted octanol–water partition coefficient (Wildman–Crippen LogP) is 5.21. The van der Waals surface area contributed by atoms with Gasteiger partial charge in [0.25, 0.3) is 0 Å². The molecule has 0 saturated heterocycles. The number of aryl methyl sites for hydroxylation is 1. The Morgan fingerprint density at radius 2 is 1.75 bits per heavy atom. The summed E-state index contributed by atoms with van der Waals surface area (Å²) in [7, 11) is 1.19. The Morgan fingerprint density at radius 3 is 2.28 bits per heavy atom. The van der Waals surface area contributed by atoms with Gasteiger partial charge in [0, 0.05) is 29.7 Å². The second-order valence-electron chi connectivity index (χ2n) is 6.98. The number of alkyl halides is 5. The number of carbonyl (C=O) groups excluding carboxylic acids is 1. The molecule has 0 amide bonds. The lowest BCUT2D eigenvalue weighted by atomic mass is 10.1. The van der Waals surface area contributed by atoms with Crippen LogP contribution in [0.3, 0.4) is 0 Å². The molecule has 0 saturated carbocycles. The molecular weight excluding hydrogens is 455 g/mol. The molecule has 1 aromatic carbocycles. The lowest BCUT2D eigenvalue weighted by Crippen LogP contribution is -2.16. The number of benzene rings is 1. The van der Waals surface area contributed by atoms with Gasteiger partial charge in [0.15, 0.2) is 10.9 Å². The second-order valence-corrected chi connectivity index (χ2v) is 8.29. The number of halogens is 5. The fourth-order valence-electron chi connectivity index (χ4n) is 3.28. The van der Waals surface area contributed by atoms with Crippen LogP contribution in [0.25, 0.3) is 5.69 Å². The molecule has 3 rings (SSSR count). The molecule has 0 spiro atoms. The third-order valence-electron chi connectivity index (χ3n) is 4.76. The minimum absolute atomic E-state index is 0.00874. The van der Waals surface area contributed by atoms with Gasteiger partial charge in [-0.25, -0.2) is 0 Å². The maximum atomic E-state index is 13.0. The van der Waals surface area contributed by atoms with E-state index in [0.717, 1.165) is 22.0 Å². The third-order valence-corrected chi connectivity index (χ3v) is 5.89. The van der Waals surface area contributed by atoms with Crippen LogP contribution < -0.4 is 4.74 Å². The van der Waals surface area contributed by atoms with Crippen LogP contribution in [0.1, 0.15) is 34.5 Å². The minimum Gasteiger partial charge on any atom is -0.435 e. The molecule has 1 atom stereocenters. The highest BCUT2D eigenvalue weighted by atomic mass is 32.2. The smallest absolute Gasteiger partial charge is 0.435 e. The molecule has 0 N–H and O–H groups in total. The van der Waals surface area contributed by atoms with Gasteiger partial charge in [0.05, 0.1) is 5.25 Å². The van der Waals surface area contributed by atoms with Crippen molar-refractivity contribution in [1.82, 2.24) is 19.3 Å². The Morgan fingerprint density at radius 1 is 1.12 bits per heavy atom. The zero-order valence-electron chi connectivity index (χ0n) is 17.4. The van der Waals surface area contributed by atoms with Crippen molar-refractivity contribution in [2.75, 3.05) is 0 Å². The number of hydrogen-bond acceptors (Lipinski definition) is 5. The van der Waals surface area contributed by atoms with Crippen molar-refractivity contribution in [3.8, 4) is 11.4 Å². The lowest BCUT2D eigenvalue weighted by molar-refractivity contribution is -0.147. The van der Waals surface area contributed by atoms with Crippen molar-refractivity contribution >= 4 is 17.5 Å². The molecule has 0 unspecified atom stereocenters. The Balaban J connectivity index is 1.83. The van der Waals surface area contributed by atoms with E-state index in [1.54, 1.807) is 43.5 Å². The number of carbonyl (C=O) groups is 1. The molecule has 0 aliphatic carbocycles. The van der Waals surface area contributed by atoms with Crippen LogP contribution in [0.2, 0.25) is 0 Å². The van der Waals surface area contributed by atoms with Crippen molar-refractivity contribution in [1.29, 1.82) is 0 Å². The molecule has 0 aliphatic rings. The summed E-state index contributed by atoms with van der Waals surface area (Å²) in [5.41, 5.74) is 2.37. The van der Waals surface area contributed by atoms with Gasteiger partial charge in [-0.15, -0.1) is 10.2 Å². The predicted molar refractivity (Wildman–Crippen MR) is 108 cm³/mol. The quantitative estimate of drug-likeness (QED) is 0.267. The van der Waals surface area contributed by atoms with E-state index in [-0.39, 0.29) is 16.7 Å². The summed E-state index contributed by atoms with van der Waals surface area (Å²) in [6, 6.07) is 7.64. The van der Waals surface area contributed by atoms with Crippen LogP contribution in [-0.4, -0.2) is 37.0 Å². The molecule has 6 nitrogen and oxygen atoms in total. The molecule has 2 aromatic heterocycles. The number of aromatic nitrogens is 4. The van der Waals surface area contributed by atoms with Crippen LogP contribution in [-0.2, 0) is 13.2 Å². The second kappa shape index (κ2) is 8.93. The van der Waals surface area contributed by atoms with Gasteiger partial charge in [-0.05, 0) is 51.1 Å². The minimum atomic E-state index is -4.64. The number of ether oxygens (including phenoxy) is 1. The van der Waals surface area contributed by atoms with Gasteiger partial charge in [0.1, 0.15) is 5.75 Å². The van der Waals surface area contributed by atoms with E-state index in [0.29, 0.717) is 16.9 Å². The number of nitrogens with zero attached hydrogens (tertiary/aromatic N) is 4. The van der Waals surface area contributed by atoms with E-state index in [1.165, 1.54) is 19.2 Å². The summed E-state index contributed by atoms with van der Waals surface area (Å²) in [6.07, 6.45) is -4.64. The van der Waals surface area contributed by atoms with Gasteiger partial charge < -0.3 is 13.9 Å². The van der Waals surface area contributed by atoms with E-state index < -0.39 is 23.9 Å². The average Bonchev–Trinajstić information content (AvgIpc) is 3.20. The summed E-state index contributed by atoms with van der Waals surface area (Å²) >= 11 is 0.880. The number of thioether (sulfide) groups is 1. The van der Waals surface area contributed by atoms with Gasteiger partial charge in [-0.3, -0.25) is 4.79 Å². The molecule has 172 valence electrons. The molecule has 3 aromatic rings. The van der Waals surface area contributed by atoms with E-state index in [4.69, 9.17) is 0 Å². The van der Waals surface area contributed by atoms with Crippen LogP contribution in [0, 0.1) is 13.8 Å². The number of hydrogen-bond donors (Lipinski definition) is 0. The first-order valence-corrected chi connectivity index (χ1v) is 10.2. The summed E-state index contributed by atoms with van der Waals surface area (Å²) in [5, 5.41) is 5.97. The Labute approximate surface area is 184 Å². The fraction of sp³-hybridized carbons (Fsp3) is 0.350. The molecule has 0 fully saturated rings. The van der Waals surface area contributed by atoms with Gasteiger partial charge in [-0.2, -0.15) is 22.0 Å². The highest BCUT2D eigenvalue weighted by Crippen LogP contribution is 2.32. The maximum absolute atomic E-state index is 13.0. The van der Waals surface area contributed by atoms with E-state index >= 15 is 0 Å². The first-order chi connectivity index (χ1) is 14.9. The topological polar surface area (TPSA) is 61.9 Å². The first-order valence-electron chi connectivity index (χ1n) is 9.31. The molecule has 0 aliphatic heterocycles. The normalized spacial score (nSPS) is 12.9. The van der Waals surface area contributed by atoms with E-state index in [9.17, 15) is 26.7 Å². The van der Waals surface area contributed by atoms with Crippen LogP contribution in [0.4, 0.5) is 22.0 Å². The van der Waals surface area contributed by atoms with Crippen molar-refractivity contribution in [2.24, 2.45) is 7.05 Å². The molecule has 12 heteroatoms. The summed E-state index contributed by atoms with van der Waals surface area (Å²) in [5.74, 6) is -1.42. The third kappa shape index (κ3) is 4.79. The van der Waals surface area contributed by atoms with Crippen molar-refractivity contribution < 1.29 is 31.5 Å². The monoisotopic (exact) mass is 474 g/mol. The Kier molecular flexibility index (Phi) is 6.63. The maximum Gasteiger partial charge on any atom is 0.451 e. The Hall–Kier alpha value is -2.89. The van der Waals surface area contributed by atoms with Crippen LogP contribution in [0.15, 0.2) is 35.5 Å². The molecular formula is C20H19F5N4O2S. The highest BCUT2D eigenvalue weighted by molar-refractivity contribution is 8.00. The Bertz CT molecular complexity index is 1120. The standard InChI is InChI=1S/C20H19F5N4O2S/c1-10-9-15(11(2)29(10)13-5-7-14(8-6-13)31-18(21)22)16(30)12(3)32-19-27-26-17(28(19)4)20(23,24)25/h5-9,12,18H,1-4H3/t12-/m1/s1. The molecule has 32 heavy (non-hydrogen) atoms. The summed E-state index contributed by atoms with van der Waals surface area (Å²) < 4.78 is 70.4. The molecule has 0 radical (unpaired) electrons. The van der Waals surface area contributed by atoms with Crippen LogP contribution in [0.5, 0.6) is 5.75 Å². The number of Topliss-reactive ketones (excluding diaryl/α,β-unsaturated/α-hetero) is 1. The number of rotatable bonds is 7. The molecule has 0 bridgehead atoms. The largest absolute Gasteiger partial charge is 0.451 e. The highest BCUT2D eigenvalue weighted by Gasteiger charge is 2.38. The summed E-state index contributed by atoms with van der Waals surface area (Å²) in [6.45, 7) is 2.16. The van der Waals surface area contributed by atoms with Crippen molar-refractivity contribution in [3.63, 3.8) is 0 Å². The first kappa shape index (κ1) is 23.8. The summed E-state index contributed by atoms with van der Waals surface area (Å²) in [4.78, 5) is 13.0. The fourth-order valence-corrected chi connectivity index (χ4v) is 4.16. The van der Waals surface area contributed by atoms with Crippen LogP contribution >= 0.6 is 11.8 Å². The van der Waals surface area contributed by atoms with Gasteiger partial charge in [0.2, 0.25) is 5.82 Å². The van der Waals surface area contributed by atoms with Gasteiger partial charge in [-0.1, -0.05) is 11.8 Å². The number of ketones is 1. The lowest BCUT2D eigenvalue weighted by Gasteiger charge is -2.13. The van der Waals surface area contributed by atoms with E-state index in [2.05, 4.69) is 14.9 Å². The van der Waals surface area contributed by atoms with Crippen molar-refractivity contribution in [2.45, 2.75) is 44.0 Å². The average molecular weight is 474 g/mol. The van der Waals surface area contributed by atoms with E-state index in [1.807, 2.05) is 0 Å². The van der Waals surface area contributed by atoms with Gasteiger partial charge >= 0.3 is 12.8 Å².